The molecule has 16 heavy (non-hydrogen) atoms. The second-order valence-electron chi connectivity index (χ2n) is 3.91. The maximum Gasteiger partial charge on any atom is 0.265 e. The van der Waals surface area contributed by atoms with Crippen LogP contribution in [0.3, 0.4) is 0 Å². The topological polar surface area (TPSA) is 45.2 Å². The molecule has 1 aliphatic heterocycles. The van der Waals surface area contributed by atoms with Crippen molar-refractivity contribution in [1.29, 1.82) is 0 Å². The molecule has 1 N–H and O–H groups in total. The van der Waals surface area contributed by atoms with E-state index >= 15 is 0 Å². The Bertz CT molecular complexity index is 358. The molecule has 2 rings (SSSR count). The molecule has 1 aromatic heterocycles. The van der Waals surface area contributed by atoms with Crippen molar-refractivity contribution in [3.63, 3.8) is 0 Å². The lowest BCUT2D eigenvalue weighted by molar-refractivity contribution is 0.0729. The van der Waals surface area contributed by atoms with Crippen molar-refractivity contribution in [3.05, 3.63) is 11.1 Å². The van der Waals surface area contributed by atoms with E-state index in [0.29, 0.717) is 0 Å². The summed E-state index contributed by atoms with van der Waals surface area (Å²) in [5.41, 5.74) is 0. The van der Waals surface area contributed by atoms with Crippen LogP contribution in [0.25, 0.3) is 0 Å². The highest BCUT2D eigenvalue weighted by Gasteiger charge is 2.20. The Hall–Kier alpha value is -1.10. The number of nitrogens with one attached hydrogen (secondary N) is 1. The Morgan fingerprint density at radius 2 is 2.25 bits per heavy atom. The summed E-state index contributed by atoms with van der Waals surface area (Å²) in [7, 11) is 0. The van der Waals surface area contributed by atoms with Gasteiger partial charge in [-0.2, -0.15) is 0 Å². The van der Waals surface area contributed by atoms with E-state index in [1.54, 1.807) is 6.20 Å². The number of carbonyl (C=O) groups is 1. The molecule has 88 valence electrons. The van der Waals surface area contributed by atoms with E-state index < -0.39 is 0 Å². The summed E-state index contributed by atoms with van der Waals surface area (Å²) < 4.78 is 0. The second kappa shape index (κ2) is 5.30. The Labute approximate surface area is 99.7 Å². The van der Waals surface area contributed by atoms with Gasteiger partial charge >= 0.3 is 0 Å². The summed E-state index contributed by atoms with van der Waals surface area (Å²) in [6.07, 6.45) is 5.18. The van der Waals surface area contributed by atoms with Gasteiger partial charge in [-0.3, -0.25) is 4.79 Å². The maximum atomic E-state index is 12.1. The van der Waals surface area contributed by atoms with Crippen molar-refractivity contribution >= 4 is 22.4 Å². The minimum Gasteiger partial charge on any atom is -0.362 e. The lowest BCUT2D eigenvalue weighted by Gasteiger charge is -2.25. The average molecular weight is 239 g/mol. The SMILES string of the molecule is CCNc1ncc(C(=O)N2CCCCC2)s1. The summed E-state index contributed by atoms with van der Waals surface area (Å²) >= 11 is 1.45. The lowest BCUT2D eigenvalue weighted by Crippen LogP contribution is -2.35. The van der Waals surface area contributed by atoms with Crippen LogP contribution < -0.4 is 5.32 Å². The van der Waals surface area contributed by atoms with Gasteiger partial charge < -0.3 is 10.2 Å². The van der Waals surface area contributed by atoms with E-state index in [0.717, 1.165) is 42.5 Å². The molecule has 1 amide bonds. The predicted molar refractivity (Wildman–Crippen MR) is 66.0 cm³/mol. The highest BCUT2D eigenvalue weighted by atomic mass is 32.1. The first-order chi connectivity index (χ1) is 7.81. The monoisotopic (exact) mass is 239 g/mol. The Morgan fingerprint density at radius 1 is 1.50 bits per heavy atom. The molecule has 0 aliphatic carbocycles. The van der Waals surface area contributed by atoms with Gasteiger partial charge in [-0.1, -0.05) is 11.3 Å². The molecular weight excluding hydrogens is 222 g/mol. The molecule has 0 atom stereocenters. The van der Waals surface area contributed by atoms with Crippen molar-refractivity contribution in [2.24, 2.45) is 0 Å². The maximum absolute atomic E-state index is 12.1. The molecule has 0 bridgehead atoms. The van der Waals surface area contributed by atoms with E-state index in [1.807, 2.05) is 11.8 Å². The van der Waals surface area contributed by atoms with E-state index in [1.165, 1.54) is 17.8 Å². The molecule has 5 heteroatoms. The number of hydrogen-bond acceptors (Lipinski definition) is 4. The van der Waals surface area contributed by atoms with E-state index in [2.05, 4.69) is 10.3 Å². The fourth-order valence-corrected chi connectivity index (χ4v) is 2.71. The predicted octanol–water partition coefficient (Wildman–Crippen LogP) is 2.20. The molecule has 0 aromatic carbocycles. The third-order valence-corrected chi connectivity index (χ3v) is 3.63. The van der Waals surface area contributed by atoms with Gasteiger partial charge in [-0.25, -0.2) is 4.98 Å². The van der Waals surface area contributed by atoms with Crippen molar-refractivity contribution in [2.45, 2.75) is 26.2 Å². The van der Waals surface area contributed by atoms with Crippen LogP contribution in [0.4, 0.5) is 5.13 Å². The van der Waals surface area contributed by atoms with Crippen molar-refractivity contribution in [2.75, 3.05) is 25.0 Å². The third kappa shape index (κ3) is 2.52. The minimum atomic E-state index is 0.140. The Morgan fingerprint density at radius 3 is 2.94 bits per heavy atom. The molecule has 1 aromatic rings. The molecule has 1 aliphatic rings. The number of aromatic nitrogens is 1. The smallest absolute Gasteiger partial charge is 0.265 e. The number of carbonyl (C=O) groups excluding carboxylic acids is 1. The first-order valence-electron chi connectivity index (χ1n) is 5.80. The summed E-state index contributed by atoms with van der Waals surface area (Å²) in [5, 5.41) is 3.96. The Kier molecular flexibility index (Phi) is 3.77. The van der Waals surface area contributed by atoms with Gasteiger partial charge in [0.2, 0.25) is 0 Å². The first kappa shape index (κ1) is 11.4. The number of hydrogen-bond donors (Lipinski definition) is 1. The molecular formula is C11H17N3OS. The van der Waals surface area contributed by atoms with E-state index in [4.69, 9.17) is 0 Å². The first-order valence-corrected chi connectivity index (χ1v) is 6.62. The van der Waals surface area contributed by atoms with Crippen LogP contribution in [0.5, 0.6) is 0 Å². The summed E-state index contributed by atoms with van der Waals surface area (Å²) in [6.45, 7) is 4.65. The number of amides is 1. The number of piperidine rings is 1. The number of anilines is 1. The molecule has 0 unspecified atom stereocenters. The van der Waals surface area contributed by atoms with Crippen LogP contribution in [0.2, 0.25) is 0 Å². The van der Waals surface area contributed by atoms with Gasteiger partial charge in [0.15, 0.2) is 5.13 Å². The van der Waals surface area contributed by atoms with Crippen molar-refractivity contribution < 1.29 is 4.79 Å². The standard InChI is InChI=1S/C11H17N3OS/c1-2-12-11-13-8-9(16-11)10(15)14-6-4-3-5-7-14/h8H,2-7H2,1H3,(H,12,13). The third-order valence-electron chi connectivity index (χ3n) is 2.69. The van der Waals surface area contributed by atoms with Crippen LogP contribution in [-0.4, -0.2) is 35.4 Å². The highest BCUT2D eigenvalue weighted by Crippen LogP contribution is 2.21. The van der Waals surface area contributed by atoms with Crippen LogP contribution in [0.1, 0.15) is 35.9 Å². The number of nitrogens with zero attached hydrogens (tertiary/aromatic N) is 2. The highest BCUT2D eigenvalue weighted by molar-refractivity contribution is 7.17. The van der Waals surface area contributed by atoms with Crippen LogP contribution >= 0.6 is 11.3 Å². The molecule has 2 heterocycles. The largest absolute Gasteiger partial charge is 0.362 e. The minimum absolute atomic E-state index is 0.140. The molecule has 0 saturated carbocycles. The quantitative estimate of drug-likeness (QED) is 0.879. The van der Waals surface area contributed by atoms with E-state index in [9.17, 15) is 4.79 Å². The fourth-order valence-electron chi connectivity index (χ4n) is 1.86. The Balaban J connectivity index is 2.01. The molecule has 0 spiro atoms. The zero-order valence-corrected chi connectivity index (χ0v) is 10.3. The zero-order chi connectivity index (χ0) is 11.4. The summed E-state index contributed by atoms with van der Waals surface area (Å²) in [4.78, 5) is 19.0. The average Bonchev–Trinajstić information content (AvgIpc) is 2.78. The second-order valence-corrected chi connectivity index (χ2v) is 4.94. The normalized spacial score (nSPS) is 16.2. The number of likely N-dealkylation sites (tertiary alicyclic amines) is 1. The van der Waals surface area contributed by atoms with Crippen molar-refractivity contribution in [3.8, 4) is 0 Å². The molecule has 1 saturated heterocycles. The van der Waals surface area contributed by atoms with Gasteiger partial charge in [0, 0.05) is 19.6 Å². The number of rotatable bonds is 3. The van der Waals surface area contributed by atoms with Gasteiger partial charge in [-0.05, 0) is 26.2 Å². The summed E-state index contributed by atoms with van der Waals surface area (Å²) in [5.74, 6) is 0.140. The summed E-state index contributed by atoms with van der Waals surface area (Å²) in [6, 6.07) is 0. The van der Waals surface area contributed by atoms with Gasteiger partial charge in [0.05, 0.1) is 6.20 Å². The van der Waals surface area contributed by atoms with Crippen LogP contribution in [-0.2, 0) is 0 Å². The molecule has 1 fully saturated rings. The molecule has 0 radical (unpaired) electrons. The number of thiazole rings is 1. The zero-order valence-electron chi connectivity index (χ0n) is 9.53. The molecule has 4 nitrogen and oxygen atoms in total. The lowest BCUT2D eigenvalue weighted by atomic mass is 10.1. The fraction of sp³-hybridized carbons (Fsp3) is 0.636. The van der Waals surface area contributed by atoms with Crippen LogP contribution in [0, 0.1) is 0 Å². The van der Waals surface area contributed by atoms with Gasteiger partial charge in [0.1, 0.15) is 4.88 Å². The van der Waals surface area contributed by atoms with Gasteiger partial charge in [0.25, 0.3) is 5.91 Å². The van der Waals surface area contributed by atoms with E-state index in [-0.39, 0.29) is 5.91 Å². The van der Waals surface area contributed by atoms with Crippen LogP contribution in [0.15, 0.2) is 6.20 Å². The van der Waals surface area contributed by atoms with Gasteiger partial charge in [-0.15, -0.1) is 0 Å². The van der Waals surface area contributed by atoms with Crippen molar-refractivity contribution in [1.82, 2.24) is 9.88 Å².